The van der Waals surface area contributed by atoms with E-state index in [0.29, 0.717) is 30.1 Å². The summed E-state index contributed by atoms with van der Waals surface area (Å²) in [6.45, 7) is 6.76. The van der Waals surface area contributed by atoms with Gasteiger partial charge in [-0.25, -0.2) is 0 Å². The summed E-state index contributed by atoms with van der Waals surface area (Å²) in [5, 5.41) is 7.47. The number of hydrogen-bond acceptors (Lipinski definition) is 3. The van der Waals surface area contributed by atoms with Gasteiger partial charge in [0, 0.05) is 23.7 Å². The zero-order valence-electron chi connectivity index (χ0n) is 15.6. The molecule has 0 unspecified atom stereocenters. The Morgan fingerprint density at radius 1 is 1.27 bits per heavy atom. The highest BCUT2D eigenvalue weighted by Crippen LogP contribution is 2.41. The first-order valence-corrected chi connectivity index (χ1v) is 9.03. The van der Waals surface area contributed by atoms with Gasteiger partial charge in [-0.1, -0.05) is 12.1 Å². The molecule has 0 aliphatic heterocycles. The molecule has 0 bridgehead atoms. The van der Waals surface area contributed by atoms with Crippen molar-refractivity contribution >= 4 is 11.8 Å². The number of nitrogens with zero attached hydrogens (tertiary/aromatic N) is 2. The molecule has 1 saturated carbocycles. The smallest absolute Gasteiger partial charge is 0.271 e. The summed E-state index contributed by atoms with van der Waals surface area (Å²) in [7, 11) is 0. The third kappa shape index (κ3) is 4.12. The van der Waals surface area contributed by atoms with Crippen molar-refractivity contribution in [3.63, 3.8) is 0 Å². The number of carbonyl (C=O) groups excluding carboxylic acids is 2. The molecule has 1 fully saturated rings. The van der Waals surface area contributed by atoms with Crippen LogP contribution in [0.5, 0.6) is 0 Å². The summed E-state index contributed by atoms with van der Waals surface area (Å²) in [5.41, 5.74) is 8.20. The lowest BCUT2D eigenvalue weighted by Crippen LogP contribution is -2.28. The lowest BCUT2D eigenvalue weighted by Gasteiger charge is -2.22. The van der Waals surface area contributed by atoms with Crippen molar-refractivity contribution in [1.82, 2.24) is 15.1 Å². The van der Waals surface area contributed by atoms with Crippen LogP contribution in [0.2, 0.25) is 0 Å². The van der Waals surface area contributed by atoms with Crippen LogP contribution in [0.3, 0.4) is 0 Å². The number of aromatic nitrogens is 2. The Morgan fingerprint density at radius 3 is 2.62 bits per heavy atom. The van der Waals surface area contributed by atoms with Crippen LogP contribution in [-0.2, 0) is 12.0 Å². The molecule has 2 aromatic rings. The van der Waals surface area contributed by atoms with E-state index in [1.165, 1.54) is 12.8 Å². The van der Waals surface area contributed by atoms with Gasteiger partial charge < -0.3 is 11.1 Å². The summed E-state index contributed by atoms with van der Waals surface area (Å²) in [5.74, 6) is -0.0861. The molecular formula is C20H26N4O2. The van der Waals surface area contributed by atoms with E-state index in [0.717, 1.165) is 11.3 Å². The van der Waals surface area contributed by atoms with E-state index in [-0.39, 0.29) is 11.4 Å². The molecule has 6 heteroatoms. The topological polar surface area (TPSA) is 90.0 Å². The minimum Gasteiger partial charge on any atom is -0.366 e. The predicted molar refractivity (Wildman–Crippen MR) is 100 cm³/mol. The fourth-order valence-electron chi connectivity index (χ4n) is 3.00. The summed E-state index contributed by atoms with van der Waals surface area (Å²) in [6.07, 6.45) is 2.96. The maximum Gasteiger partial charge on any atom is 0.271 e. The zero-order chi connectivity index (χ0) is 18.9. The monoisotopic (exact) mass is 354 g/mol. The second-order valence-electron chi connectivity index (χ2n) is 7.88. The fourth-order valence-corrected chi connectivity index (χ4v) is 3.00. The Morgan fingerprint density at radius 2 is 2.00 bits per heavy atom. The van der Waals surface area contributed by atoms with Gasteiger partial charge in [0.2, 0.25) is 5.91 Å². The molecule has 26 heavy (non-hydrogen) atoms. The summed E-state index contributed by atoms with van der Waals surface area (Å²) in [6, 6.07) is 9.07. The van der Waals surface area contributed by atoms with E-state index in [4.69, 9.17) is 5.73 Å². The van der Waals surface area contributed by atoms with E-state index in [2.05, 4.69) is 31.2 Å². The molecule has 1 aromatic heterocycles. The number of carbonyl (C=O) groups is 2. The number of amides is 2. The summed E-state index contributed by atoms with van der Waals surface area (Å²) >= 11 is 0. The van der Waals surface area contributed by atoms with Crippen LogP contribution < -0.4 is 11.1 Å². The number of benzene rings is 1. The summed E-state index contributed by atoms with van der Waals surface area (Å²) < 4.78 is 1.98. The third-order valence-electron chi connectivity index (χ3n) is 4.51. The van der Waals surface area contributed by atoms with Crippen LogP contribution >= 0.6 is 0 Å². The lowest BCUT2D eigenvalue weighted by molar-refractivity contribution is 0.0946. The molecule has 0 spiro atoms. The van der Waals surface area contributed by atoms with E-state index in [9.17, 15) is 9.59 Å². The average Bonchev–Trinajstić information content (AvgIpc) is 3.31. The van der Waals surface area contributed by atoms with Gasteiger partial charge in [0.15, 0.2) is 0 Å². The van der Waals surface area contributed by atoms with Gasteiger partial charge in [0.1, 0.15) is 5.69 Å². The van der Waals surface area contributed by atoms with Gasteiger partial charge in [-0.05, 0) is 63.8 Å². The summed E-state index contributed by atoms with van der Waals surface area (Å²) in [4.78, 5) is 23.7. The van der Waals surface area contributed by atoms with Gasteiger partial charge in [0.05, 0.1) is 5.54 Å². The zero-order valence-corrected chi connectivity index (χ0v) is 15.6. The van der Waals surface area contributed by atoms with Gasteiger partial charge in [0.25, 0.3) is 5.91 Å². The van der Waals surface area contributed by atoms with Gasteiger partial charge >= 0.3 is 0 Å². The van der Waals surface area contributed by atoms with Crippen LogP contribution in [0, 0.1) is 0 Å². The fraction of sp³-hybridized carbons (Fsp3) is 0.450. The van der Waals surface area contributed by atoms with Crippen LogP contribution in [0.15, 0.2) is 30.3 Å². The van der Waals surface area contributed by atoms with Gasteiger partial charge in [-0.3, -0.25) is 14.3 Å². The molecular weight excluding hydrogens is 328 g/mol. The van der Waals surface area contributed by atoms with Crippen molar-refractivity contribution in [2.45, 2.75) is 51.5 Å². The molecule has 1 aliphatic rings. The SMILES string of the molecule is CC(C)(C)n1nc(C(=O)NCCc2cccc(C(N)=O)c2)cc1C1CC1. The van der Waals surface area contributed by atoms with Crippen LogP contribution in [0.25, 0.3) is 0 Å². The molecule has 0 radical (unpaired) electrons. The molecule has 3 rings (SSSR count). The number of hydrogen-bond donors (Lipinski definition) is 2. The van der Waals surface area contributed by atoms with E-state index in [1.807, 2.05) is 16.8 Å². The van der Waals surface area contributed by atoms with Crippen molar-refractivity contribution in [2.75, 3.05) is 6.54 Å². The molecule has 1 aromatic carbocycles. The van der Waals surface area contributed by atoms with E-state index < -0.39 is 5.91 Å². The Labute approximate surface area is 153 Å². The van der Waals surface area contributed by atoms with Crippen molar-refractivity contribution in [3.8, 4) is 0 Å². The highest BCUT2D eigenvalue weighted by molar-refractivity contribution is 5.93. The third-order valence-corrected chi connectivity index (χ3v) is 4.51. The predicted octanol–water partition coefficient (Wildman–Crippen LogP) is 2.59. The second-order valence-corrected chi connectivity index (χ2v) is 7.88. The molecule has 0 saturated heterocycles. The highest BCUT2D eigenvalue weighted by atomic mass is 16.2. The van der Waals surface area contributed by atoms with E-state index in [1.54, 1.807) is 18.2 Å². The normalized spacial score (nSPS) is 14.3. The van der Waals surface area contributed by atoms with Gasteiger partial charge in [-0.15, -0.1) is 0 Å². The van der Waals surface area contributed by atoms with Crippen LogP contribution in [0.1, 0.15) is 71.6 Å². The van der Waals surface area contributed by atoms with Gasteiger partial charge in [-0.2, -0.15) is 5.10 Å². The van der Waals surface area contributed by atoms with Crippen molar-refractivity contribution < 1.29 is 9.59 Å². The van der Waals surface area contributed by atoms with Crippen molar-refractivity contribution in [2.24, 2.45) is 5.73 Å². The number of primary amides is 1. The number of nitrogens with two attached hydrogens (primary N) is 1. The first-order chi connectivity index (χ1) is 12.3. The molecule has 0 atom stereocenters. The Kier molecular flexibility index (Phi) is 4.85. The first kappa shape index (κ1) is 18.2. The molecule has 2 amide bonds. The highest BCUT2D eigenvalue weighted by Gasteiger charge is 2.32. The first-order valence-electron chi connectivity index (χ1n) is 9.03. The minimum absolute atomic E-state index is 0.147. The number of rotatable bonds is 6. The van der Waals surface area contributed by atoms with Crippen LogP contribution in [-0.4, -0.2) is 28.1 Å². The Bertz CT molecular complexity index is 829. The molecule has 3 N–H and O–H groups in total. The standard InChI is InChI=1S/C20H26N4O2/c1-20(2,3)24-17(14-7-8-14)12-16(23-24)19(26)22-10-9-13-5-4-6-15(11-13)18(21)25/h4-6,11-12,14H,7-10H2,1-3H3,(H2,21,25)(H,22,26). The van der Waals surface area contributed by atoms with Crippen molar-refractivity contribution in [3.05, 3.63) is 52.8 Å². The van der Waals surface area contributed by atoms with E-state index >= 15 is 0 Å². The number of nitrogens with one attached hydrogen (secondary N) is 1. The lowest BCUT2D eigenvalue weighted by atomic mass is 10.1. The Hall–Kier alpha value is -2.63. The molecule has 6 nitrogen and oxygen atoms in total. The molecule has 138 valence electrons. The second kappa shape index (κ2) is 6.94. The quantitative estimate of drug-likeness (QED) is 0.835. The maximum absolute atomic E-state index is 12.5. The maximum atomic E-state index is 12.5. The average molecular weight is 354 g/mol. The van der Waals surface area contributed by atoms with Crippen LogP contribution in [0.4, 0.5) is 0 Å². The largest absolute Gasteiger partial charge is 0.366 e. The minimum atomic E-state index is -0.448. The molecule has 1 aliphatic carbocycles. The van der Waals surface area contributed by atoms with Crippen molar-refractivity contribution in [1.29, 1.82) is 0 Å². The Balaban J connectivity index is 1.64. The molecule has 1 heterocycles.